The smallest absolute Gasteiger partial charge is 0.252 e. The second kappa shape index (κ2) is 11.0. The Labute approximate surface area is 214 Å². The second-order valence-electron chi connectivity index (χ2n) is 8.01. The summed E-state index contributed by atoms with van der Waals surface area (Å²) in [7, 11) is -5.78. The molecule has 13 nitrogen and oxygen atoms in total. The normalized spacial score (nSPS) is 16.6. The number of nitrogens with two attached hydrogens (primary N) is 1. The Kier molecular flexibility index (Phi) is 8.46. The van der Waals surface area contributed by atoms with Crippen LogP contribution in [0.15, 0.2) is 58.3 Å². The number of ether oxygens (including phenoxy) is 2. The van der Waals surface area contributed by atoms with Crippen LogP contribution in [0.4, 0.5) is 11.4 Å². The second-order valence-corrected chi connectivity index (χ2v) is 11.5. The molecule has 3 N–H and O–H groups in total. The molecule has 0 spiro atoms. The number of benzene rings is 2. The molecule has 1 atom stereocenters. The van der Waals surface area contributed by atoms with Crippen molar-refractivity contribution in [2.75, 3.05) is 31.0 Å². The summed E-state index contributed by atoms with van der Waals surface area (Å²) in [5.74, 6) is -1.86. The van der Waals surface area contributed by atoms with E-state index in [1.54, 1.807) is 0 Å². The van der Waals surface area contributed by atoms with Gasteiger partial charge < -0.3 is 14.8 Å². The maximum absolute atomic E-state index is 13.6. The van der Waals surface area contributed by atoms with E-state index in [9.17, 15) is 31.2 Å². The topological polar surface area (TPSA) is 182 Å². The van der Waals surface area contributed by atoms with E-state index in [1.165, 1.54) is 57.5 Å². The molecule has 0 radical (unpaired) electrons. The number of carbonyl (C=O) groups is 3. The lowest BCUT2D eigenvalue weighted by Crippen LogP contribution is -2.49. The van der Waals surface area contributed by atoms with Crippen molar-refractivity contribution in [2.24, 2.45) is 5.14 Å². The third-order valence-electron chi connectivity index (χ3n) is 5.53. The molecule has 1 unspecified atom stereocenters. The number of carbonyl (C=O) groups excluding carboxylic acids is 3. The van der Waals surface area contributed by atoms with Gasteiger partial charge >= 0.3 is 0 Å². The average molecular weight is 555 g/mol. The number of methoxy groups -OCH3 is 2. The van der Waals surface area contributed by atoms with Crippen molar-refractivity contribution < 1.29 is 40.7 Å². The van der Waals surface area contributed by atoms with Crippen LogP contribution in [-0.2, 0) is 43.9 Å². The first-order chi connectivity index (χ1) is 17.3. The molecule has 1 aliphatic rings. The molecular formula is C22H26N4O9S2. The van der Waals surface area contributed by atoms with Crippen LogP contribution in [0.3, 0.4) is 0 Å². The fourth-order valence-electron chi connectivity index (χ4n) is 3.73. The molecule has 1 aliphatic heterocycles. The molecule has 3 rings (SSSR count). The highest BCUT2D eigenvalue weighted by atomic mass is 32.2. The van der Waals surface area contributed by atoms with Gasteiger partial charge in [0.05, 0.1) is 28.4 Å². The molecule has 0 saturated carbocycles. The molecule has 2 aromatic rings. The van der Waals surface area contributed by atoms with Crippen LogP contribution in [0.1, 0.15) is 13.3 Å². The lowest BCUT2D eigenvalue weighted by molar-refractivity contribution is -0.126. The number of nitrogens with zero attached hydrogens (tertiary/aromatic N) is 2. The summed E-state index contributed by atoms with van der Waals surface area (Å²) in [4.78, 5) is 37.9. The van der Waals surface area contributed by atoms with E-state index in [4.69, 9.17) is 14.6 Å². The van der Waals surface area contributed by atoms with Crippen molar-refractivity contribution in [1.29, 1.82) is 0 Å². The molecule has 1 fully saturated rings. The van der Waals surface area contributed by atoms with E-state index in [0.29, 0.717) is 5.69 Å². The summed E-state index contributed by atoms with van der Waals surface area (Å²) in [6, 6.07) is 8.58. The number of primary sulfonamides is 1. The van der Waals surface area contributed by atoms with Crippen LogP contribution >= 0.6 is 0 Å². The van der Waals surface area contributed by atoms with Gasteiger partial charge in [-0.1, -0.05) is 0 Å². The minimum Gasteiger partial charge on any atom is -0.354 e. The molecule has 3 amide bonds. The fourth-order valence-corrected chi connectivity index (χ4v) is 5.81. The van der Waals surface area contributed by atoms with E-state index < -0.39 is 57.2 Å². The van der Waals surface area contributed by atoms with E-state index in [1.807, 2.05) is 0 Å². The largest absolute Gasteiger partial charge is 0.354 e. The molecule has 2 aromatic carbocycles. The van der Waals surface area contributed by atoms with Crippen LogP contribution in [0.2, 0.25) is 0 Å². The van der Waals surface area contributed by atoms with Crippen LogP contribution in [0.5, 0.6) is 0 Å². The number of nitrogens with one attached hydrogen (secondary N) is 1. The van der Waals surface area contributed by atoms with Crippen LogP contribution in [-0.4, -0.2) is 72.0 Å². The summed E-state index contributed by atoms with van der Waals surface area (Å²) in [5.41, 5.74) is 0.419. The Morgan fingerprint density at radius 2 is 1.57 bits per heavy atom. The quantitative estimate of drug-likeness (QED) is 0.307. The zero-order valence-corrected chi connectivity index (χ0v) is 21.8. The van der Waals surface area contributed by atoms with E-state index in [-0.39, 0.29) is 21.4 Å². The first kappa shape index (κ1) is 28.4. The predicted octanol–water partition coefficient (Wildman–Crippen LogP) is 0.234. The zero-order chi connectivity index (χ0) is 27.5. The van der Waals surface area contributed by atoms with Crippen LogP contribution in [0, 0.1) is 0 Å². The van der Waals surface area contributed by atoms with Crippen LogP contribution in [0.25, 0.3) is 0 Å². The predicted molar refractivity (Wildman–Crippen MR) is 131 cm³/mol. The fraction of sp³-hybridized carbons (Fsp3) is 0.318. The van der Waals surface area contributed by atoms with Crippen molar-refractivity contribution in [2.45, 2.75) is 35.5 Å². The highest BCUT2D eigenvalue weighted by molar-refractivity contribution is 7.89. The third-order valence-corrected chi connectivity index (χ3v) is 8.35. The maximum atomic E-state index is 13.6. The number of hydrogen-bond donors (Lipinski definition) is 2. The van der Waals surface area contributed by atoms with Gasteiger partial charge in [0.25, 0.3) is 5.91 Å². The van der Waals surface area contributed by atoms with Crippen molar-refractivity contribution in [3.05, 3.63) is 48.5 Å². The molecule has 37 heavy (non-hydrogen) atoms. The SMILES string of the molecule is COC(CN(C1CC(=O)N(c2ccc(S(N)(=O)=O)cc2)C1=O)S(=O)(=O)c1ccc(NC(C)=O)cc1)OC. The number of anilines is 2. The summed E-state index contributed by atoms with van der Waals surface area (Å²) < 4.78 is 61.4. The molecular weight excluding hydrogens is 528 g/mol. The molecule has 15 heteroatoms. The molecule has 0 aromatic heterocycles. The van der Waals surface area contributed by atoms with Crippen LogP contribution < -0.4 is 15.4 Å². The molecule has 1 heterocycles. The summed E-state index contributed by atoms with van der Waals surface area (Å²) in [6.45, 7) is 0.893. The van der Waals surface area contributed by atoms with Crippen molar-refractivity contribution >= 4 is 49.1 Å². The van der Waals surface area contributed by atoms with Gasteiger partial charge in [0.1, 0.15) is 6.04 Å². The van der Waals surface area contributed by atoms with E-state index in [0.717, 1.165) is 21.3 Å². The van der Waals surface area contributed by atoms with Crippen molar-refractivity contribution in [1.82, 2.24) is 4.31 Å². The zero-order valence-electron chi connectivity index (χ0n) is 20.2. The molecule has 0 bridgehead atoms. The monoisotopic (exact) mass is 554 g/mol. The number of amides is 3. The highest BCUT2D eigenvalue weighted by Crippen LogP contribution is 2.30. The number of rotatable bonds is 10. The van der Waals surface area contributed by atoms with Gasteiger partial charge in [-0.05, 0) is 48.5 Å². The van der Waals surface area contributed by atoms with Gasteiger partial charge in [0.2, 0.25) is 31.9 Å². The molecule has 1 saturated heterocycles. The van der Waals surface area contributed by atoms with Gasteiger partial charge in [0.15, 0.2) is 6.29 Å². The van der Waals surface area contributed by atoms with Gasteiger partial charge in [-0.15, -0.1) is 0 Å². The van der Waals surface area contributed by atoms with Crippen molar-refractivity contribution in [3.63, 3.8) is 0 Å². The van der Waals surface area contributed by atoms with E-state index >= 15 is 0 Å². The minimum atomic E-state index is -4.37. The first-order valence-electron chi connectivity index (χ1n) is 10.7. The van der Waals surface area contributed by atoms with Crippen molar-refractivity contribution in [3.8, 4) is 0 Å². The minimum absolute atomic E-state index is 0.0527. The lowest BCUT2D eigenvalue weighted by atomic mass is 10.2. The van der Waals surface area contributed by atoms with Gasteiger partial charge in [-0.3, -0.25) is 14.4 Å². The molecule has 0 aliphatic carbocycles. The standard InChI is InChI=1S/C22H26N4O9S2/c1-14(27)24-15-4-8-18(9-5-15)37(32,33)25(13-21(34-2)35-3)19-12-20(28)26(22(19)29)16-6-10-17(11-7-16)36(23,30)31/h4-11,19,21H,12-13H2,1-3H3,(H,24,27)(H2,23,30,31). The lowest BCUT2D eigenvalue weighted by Gasteiger charge is -2.29. The molecule has 200 valence electrons. The third kappa shape index (κ3) is 6.20. The number of hydrogen-bond acceptors (Lipinski definition) is 9. The van der Waals surface area contributed by atoms with Gasteiger partial charge in [-0.2, -0.15) is 4.31 Å². The Bertz CT molecular complexity index is 1390. The first-order valence-corrected chi connectivity index (χ1v) is 13.7. The Morgan fingerprint density at radius 3 is 2.05 bits per heavy atom. The summed E-state index contributed by atoms with van der Waals surface area (Å²) in [5, 5.41) is 7.62. The van der Waals surface area contributed by atoms with Gasteiger partial charge in [-0.25, -0.2) is 26.9 Å². The Morgan fingerprint density at radius 1 is 1.03 bits per heavy atom. The summed E-state index contributed by atoms with van der Waals surface area (Å²) >= 11 is 0. The average Bonchev–Trinajstić information content (AvgIpc) is 3.12. The van der Waals surface area contributed by atoms with E-state index in [2.05, 4.69) is 5.32 Å². The highest BCUT2D eigenvalue weighted by Gasteiger charge is 2.47. The maximum Gasteiger partial charge on any atom is 0.252 e. The number of sulfonamides is 2. The Hall–Kier alpha value is -3.21. The van der Waals surface area contributed by atoms with Gasteiger partial charge in [0, 0.05) is 26.8 Å². The summed E-state index contributed by atoms with van der Waals surface area (Å²) in [6.07, 6.45) is -1.53. The Balaban J connectivity index is 1.99. The number of imide groups is 1.